The van der Waals surface area contributed by atoms with Gasteiger partial charge in [0.05, 0.1) is 18.4 Å². The molecule has 3 rings (SSSR count). The van der Waals surface area contributed by atoms with E-state index in [9.17, 15) is 18.4 Å². The monoisotopic (exact) mass is 402 g/mol. The lowest BCUT2D eigenvalue weighted by molar-refractivity contribution is -0.138. The minimum absolute atomic E-state index is 0.0140. The lowest BCUT2D eigenvalue weighted by atomic mass is 9.94. The molecule has 12 heteroatoms. The van der Waals surface area contributed by atoms with E-state index in [1.807, 2.05) is 6.07 Å². The fourth-order valence-electron chi connectivity index (χ4n) is 2.93. The summed E-state index contributed by atoms with van der Waals surface area (Å²) in [4.78, 5) is 8.36. The number of anilines is 3. The molecule has 0 bridgehead atoms. The van der Waals surface area contributed by atoms with Crippen molar-refractivity contribution in [3.63, 3.8) is 0 Å². The van der Waals surface area contributed by atoms with E-state index in [1.54, 1.807) is 6.19 Å². The second-order valence-corrected chi connectivity index (χ2v) is 5.86. The first-order valence-electron chi connectivity index (χ1n) is 7.95. The lowest BCUT2D eigenvalue weighted by Crippen LogP contribution is -2.32. The van der Waals surface area contributed by atoms with Gasteiger partial charge < -0.3 is 21.5 Å². The Morgan fingerprint density at radius 1 is 1.28 bits per heavy atom. The number of hydrogen-bond acceptors (Lipinski definition) is 9. The minimum atomic E-state index is -4.62. The van der Waals surface area contributed by atoms with Crippen molar-refractivity contribution in [3.8, 4) is 18.0 Å². The average Bonchev–Trinajstić information content (AvgIpc) is 2.66. The molecule has 0 fully saturated rings. The highest BCUT2D eigenvalue weighted by Gasteiger charge is 2.36. The highest BCUT2D eigenvalue weighted by Crippen LogP contribution is 2.43. The number of fused-ring (bicyclic) bond motifs is 1. The van der Waals surface area contributed by atoms with Gasteiger partial charge in [0.15, 0.2) is 6.19 Å². The smallest absolute Gasteiger partial charge is 0.419 e. The van der Waals surface area contributed by atoms with Gasteiger partial charge in [-0.2, -0.15) is 23.7 Å². The molecule has 0 saturated heterocycles. The number of halogens is 3. The summed E-state index contributed by atoms with van der Waals surface area (Å²) in [6.45, 7) is 0. The molecule has 1 aromatic carbocycles. The second kappa shape index (κ2) is 7.09. The molecule has 1 aromatic heterocycles. The van der Waals surface area contributed by atoms with Crippen molar-refractivity contribution in [1.29, 1.82) is 10.5 Å². The maximum Gasteiger partial charge on any atom is 0.419 e. The van der Waals surface area contributed by atoms with Gasteiger partial charge in [-0.1, -0.05) is 6.07 Å². The van der Waals surface area contributed by atoms with Crippen molar-refractivity contribution in [1.82, 2.24) is 10.3 Å². The molecule has 9 nitrogen and oxygen atoms in total. The fraction of sp³-hybridized carbons (Fsp3) is 0.176. The van der Waals surface area contributed by atoms with Gasteiger partial charge >= 0.3 is 6.18 Å². The fourth-order valence-corrected chi connectivity index (χ4v) is 2.93. The number of ether oxygens (including phenoxy) is 1. The molecule has 0 aliphatic carbocycles. The number of hydrogen-bond donors (Lipinski definition) is 4. The predicted octanol–water partition coefficient (Wildman–Crippen LogP) is 2.09. The van der Waals surface area contributed by atoms with Crippen molar-refractivity contribution in [2.45, 2.75) is 12.2 Å². The van der Waals surface area contributed by atoms with E-state index in [4.69, 9.17) is 21.5 Å². The average molecular weight is 402 g/mol. The van der Waals surface area contributed by atoms with E-state index in [1.165, 1.54) is 6.07 Å². The van der Waals surface area contributed by atoms with E-state index in [-0.39, 0.29) is 40.0 Å². The summed E-state index contributed by atoms with van der Waals surface area (Å²) >= 11 is 0. The summed E-state index contributed by atoms with van der Waals surface area (Å²) in [5, 5.41) is 23.2. The van der Waals surface area contributed by atoms with E-state index in [0.29, 0.717) is 0 Å². The standard InChI is InChI=1S/C17H13F3N8O/c1-29-10-4-7(2-3-9(10)17(18,19)20)13-11-12(23)8(5-21)14(24)27-15(11)28-16(26-13)25-6-22/h2-4,13H,1H3,(H6,23,24,25,26,27,28). The molecule has 0 radical (unpaired) electrons. The first-order chi connectivity index (χ1) is 13.7. The van der Waals surface area contributed by atoms with Crippen LogP contribution in [0, 0.1) is 22.8 Å². The zero-order valence-corrected chi connectivity index (χ0v) is 14.8. The first-order valence-corrected chi connectivity index (χ1v) is 7.95. The van der Waals surface area contributed by atoms with Crippen molar-refractivity contribution >= 4 is 23.3 Å². The van der Waals surface area contributed by atoms with Crippen LogP contribution in [0.15, 0.2) is 23.2 Å². The Balaban J connectivity index is 2.24. The highest BCUT2D eigenvalue weighted by atomic mass is 19.4. The number of guanidine groups is 1. The van der Waals surface area contributed by atoms with Crippen LogP contribution in [0.5, 0.6) is 5.75 Å². The summed E-state index contributed by atoms with van der Waals surface area (Å²) in [6.07, 6.45) is -2.93. The van der Waals surface area contributed by atoms with Crippen LogP contribution >= 0.6 is 0 Å². The zero-order valence-electron chi connectivity index (χ0n) is 14.8. The molecular formula is C17H13F3N8O. The van der Waals surface area contributed by atoms with Crippen LogP contribution in [0.3, 0.4) is 0 Å². The number of aliphatic imine (C=N–C) groups is 1. The Morgan fingerprint density at radius 3 is 2.59 bits per heavy atom. The number of aromatic nitrogens is 1. The molecule has 6 N–H and O–H groups in total. The largest absolute Gasteiger partial charge is 0.496 e. The first kappa shape index (κ1) is 19.6. The summed E-state index contributed by atoms with van der Waals surface area (Å²) in [5.41, 5.74) is 11.3. The van der Waals surface area contributed by atoms with Crippen molar-refractivity contribution in [3.05, 3.63) is 40.5 Å². The molecule has 2 heterocycles. The number of nitriles is 2. The van der Waals surface area contributed by atoms with Gasteiger partial charge in [0.25, 0.3) is 0 Å². The van der Waals surface area contributed by atoms with Gasteiger partial charge in [0.1, 0.15) is 35.1 Å². The molecular weight excluding hydrogens is 389 g/mol. The summed E-state index contributed by atoms with van der Waals surface area (Å²) in [5.74, 6) is -0.448. The molecule has 0 amide bonds. The van der Waals surface area contributed by atoms with Crippen molar-refractivity contribution in [2.75, 3.05) is 23.9 Å². The molecule has 0 saturated carbocycles. The van der Waals surface area contributed by atoms with Crippen LogP contribution in [-0.4, -0.2) is 18.1 Å². The van der Waals surface area contributed by atoms with Gasteiger partial charge in [-0.25, -0.2) is 9.98 Å². The topological polar surface area (TPSA) is 158 Å². The van der Waals surface area contributed by atoms with Crippen LogP contribution in [0.2, 0.25) is 0 Å². The number of nitrogens with zero attached hydrogens (tertiary/aromatic N) is 4. The van der Waals surface area contributed by atoms with Crippen LogP contribution in [0.25, 0.3) is 0 Å². The van der Waals surface area contributed by atoms with Gasteiger partial charge in [-0.3, -0.25) is 5.32 Å². The second-order valence-electron chi connectivity index (χ2n) is 5.86. The number of nitrogens with two attached hydrogens (primary N) is 2. The van der Waals surface area contributed by atoms with Crippen molar-refractivity contribution in [2.24, 2.45) is 4.99 Å². The van der Waals surface area contributed by atoms with Crippen molar-refractivity contribution < 1.29 is 17.9 Å². The van der Waals surface area contributed by atoms with Crippen LogP contribution < -0.4 is 26.8 Å². The normalized spacial score (nSPS) is 15.2. The van der Waals surface area contributed by atoms with E-state index >= 15 is 0 Å². The van der Waals surface area contributed by atoms with Gasteiger partial charge in [0, 0.05) is 5.56 Å². The van der Waals surface area contributed by atoms with Gasteiger partial charge in [0.2, 0.25) is 5.96 Å². The Hall–Kier alpha value is -4.19. The molecule has 1 aliphatic rings. The van der Waals surface area contributed by atoms with Gasteiger partial charge in [-0.15, -0.1) is 0 Å². The summed E-state index contributed by atoms with van der Waals surface area (Å²) in [7, 11) is 1.11. The molecule has 1 atom stereocenters. The molecule has 1 unspecified atom stereocenters. The number of nitrogens with one attached hydrogen (secondary N) is 2. The number of alkyl halides is 3. The van der Waals surface area contributed by atoms with Crippen LogP contribution in [0.4, 0.5) is 30.5 Å². The molecule has 2 aromatic rings. The van der Waals surface area contributed by atoms with Crippen LogP contribution in [0.1, 0.15) is 28.3 Å². The Bertz CT molecular complexity index is 1100. The SMILES string of the molecule is COc1cc(C2N=C(NC#N)Nc3nc(N)c(C#N)c(N)c32)ccc1C(F)(F)F. The third-order valence-corrected chi connectivity index (χ3v) is 4.20. The maximum absolute atomic E-state index is 13.2. The Labute approximate surface area is 162 Å². The van der Waals surface area contributed by atoms with E-state index < -0.39 is 23.5 Å². The Kier molecular flexibility index (Phi) is 4.78. The maximum atomic E-state index is 13.2. The quantitative estimate of drug-likeness (QED) is 0.439. The lowest BCUT2D eigenvalue weighted by Gasteiger charge is -2.26. The van der Waals surface area contributed by atoms with E-state index in [0.717, 1.165) is 19.2 Å². The number of benzene rings is 1. The summed E-state index contributed by atoms with van der Waals surface area (Å²) < 4.78 is 44.4. The molecule has 148 valence electrons. The molecule has 1 aliphatic heterocycles. The predicted molar refractivity (Wildman–Crippen MR) is 97.4 cm³/mol. The summed E-state index contributed by atoms with van der Waals surface area (Å²) in [6, 6.07) is 4.10. The van der Waals surface area contributed by atoms with Gasteiger partial charge in [-0.05, 0) is 17.7 Å². The molecule has 0 spiro atoms. The van der Waals surface area contributed by atoms with Crippen LogP contribution in [-0.2, 0) is 6.18 Å². The third-order valence-electron chi connectivity index (χ3n) is 4.20. The molecule has 29 heavy (non-hydrogen) atoms. The number of rotatable bonds is 2. The number of methoxy groups -OCH3 is 1. The zero-order chi connectivity index (χ0) is 21.3. The Morgan fingerprint density at radius 2 is 2.00 bits per heavy atom. The number of pyridine rings is 1. The number of nitrogen functional groups attached to an aromatic ring is 2. The highest BCUT2D eigenvalue weighted by molar-refractivity contribution is 5.98. The third kappa shape index (κ3) is 3.39. The van der Waals surface area contributed by atoms with E-state index in [2.05, 4.69) is 20.6 Å². The minimum Gasteiger partial charge on any atom is -0.496 e.